The van der Waals surface area contributed by atoms with Gasteiger partial charge in [0, 0.05) is 17.3 Å². The van der Waals surface area contributed by atoms with Gasteiger partial charge in [0.15, 0.2) is 0 Å². The van der Waals surface area contributed by atoms with Gasteiger partial charge in [0.25, 0.3) is 0 Å². The van der Waals surface area contributed by atoms with Crippen LogP contribution < -0.4 is 5.32 Å². The molecule has 1 atom stereocenters. The second-order valence-electron chi connectivity index (χ2n) is 6.34. The molecule has 1 unspecified atom stereocenters. The zero-order valence-electron chi connectivity index (χ0n) is 15.6. The lowest BCUT2D eigenvalue weighted by molar-refractivity contribution is 0.714. The van der Waals surface area contributed by atoms with Gasteiger partial charge in [0.05, 0.1) is 0 Å². The first-order chi connectivity index (χ1) is 11.1. The molecule has 1 N–H and O–H groups in total. The fourth-order valence-corrected chi connectivity index (χ4v) is 3.78. The molecule has 0 saturated carbocycles. The first kappa shape index (κ1) is 17.6. The summed E-state index contributed by atoms with van der Waals surface area (Å²) in [6, 6.07) is 8.97. The smallest absolute Gasteiger partial charge is 0.0409 e. The van der Waals surface area contributed by atoms with Crippen LogP contribution in [-0.4, -0.2) is 0 Å². The minimum atomic E-state index is 0.423. The van der Waals surface area contributed by atoms with E-state index < -0.39 is 0 Å². The van der Waals surface area contributed by atoms with Gasteiger partial charge in [-0.05, 0) is 67.9 Å². The average molecular weight is 309 g/mol. The molecule has 0 aliphatic carbocycles. The van der Waals surface area contributed by atoms with Crippen LogP contribution in [0, 0.1) is 0 Å². The van der Waals surface area contributed by atoms with Gasteiger partial charge in [-0.2, -0.15) is 0 Å². The highest BCUT2D eigenvalue weighted by atomic mass is 14.9. The van der Waals surface area contributed by atoms with Crippen molar-refractivity contribution in [2.75, 3.05) is 0 Å². The molecule has 2 rings (SSSR count). The summed E-state index contributed by atoms with van der Waals surface area (Å²) in [6.07, 6.45) is 5.47. The van der Waals surface area contributed by atoms with E-state index in [1.807, 2.05) is 0 Å². The largest absolute Gasteiger partial charge is 0.359 e. The Kier molecular flexibility index (Phi) is 5.87. The molecule has 1 aromatic rings. The van der Waals surface area contributed by atoms with Gasteiger partial charge in [-0.3, -0.25) is 0 Å². The van der Waals surface area contributed by atoms with Gasteiger partial charge in [-0.25, -0.2) is 0 Å². The van der Waals surface area contributed by atoms with E-state index in [9.17, 15) is 0 Å². The maximum absolute atomic E-state index is 3.70. The Labute approximate surface area is 142 Å². The second kappa shape index (κ2) is 7.68. The number of nitrogens with one attached hydrogen (secondary N) is 1. The van der Waals surface area contributed by atoms with Gasteiger partial charge < -0.3 is 5.32 Å². The molecule has 0 aromatic heterocycles. The monoisotopic (exact) mass is 309 g/mol. The summed E-state index contributed by atoms with van der Waals surface area (Å²) >= 11 is 0. The molecule has 1 nitrogen and oxygen atoms in total. The quantitative estimate of drug-likeness (QED) is 0.678. The highest BCUT2D eigenvalue weighted by Gasteiger charge is 2.29. The van der Waals surface area contributed by atoms with Crippen LogP contribution in [0.4, 0.5) is 0 Å². The molecule has 0 radical (unpaired) electrons. The maximum atomic E-state index is 3.70. The molecule has 124 valence electrons. The van der Waals surface area contributed by atoms with Gasteiger partial charge in [0.2, 0.25) is 0 Å². The van der Waals surface area contributed by atoms with Crippen LogP contribution in [-0.2, 0) is 6.42 Å². The van der Waals surface area contributed by atoms with E-state index in [1.165, 1.54) is 39.2 Å². The molecule has 0 saturated heterocycles. The first-order valence-electron chi connectivity index (χ1n) is 8.99. The van der Waals surface area contributed by atoms with Crippen LogP contribution in [0.25, 0.3) is 0 Å². The number of benzene rings is 1. The van der Waals surface area contributed by atoms with Crippen molar-refractivity contribution in [3.8, 4) is 0 Å². The summed E-state index contributed by atoms with van der Waals surface area (Å²) in [7, 11) is 0. The van der Waals surface area contributed by atoms with Crippen molar-refractivity contribution in [1.82, 2.24) is 5.32 Å². The van der Waals surface area contributed by atoms with Crippen molar-refractivity contribution in [3.05, 3.63) is 69.6 Å². The Morgan fingerprint density at radius 2 is 1.70 bits per heavy atom. The van der Waals surface area contributed by atoms with E-state index in [4.69, 9.17) is 0 Å². The van der Waals surface area contributed by atoms with Crippen molar-refractivity contribution in [2.45, 2.75) is 66.7 Å². The van der Waals surface area contributed by atoms with Crippen LogP contribution in [0.1, 0.15) is 71.4 Å². The average Bonchev–Trinajstić information content (AvgIpc) is 2.59. The Balaban J connectivity index is 2.71. The van der Waals surface area contributed by atoms with Crippen molar-refractivity contribution in [3.63, 3.8) is 0 Å². The summed E-state index contributed by atoms with van der Waals surface area (Å²) in [4.78, 5) is 0. The molecule has 1 aromatic carbocycles. The van der Waals surface area contributed by atoms with Gasteiger partial charge >= 0.3 is 0 Å². The number of hydrogen-bond acceptors (Lipinski definition) is 1. The summed E-state index contributed by atoms with van der Waals surface area (Å²) in [5.41, 5.74) is 10.0. The molecule has 1 aliphatic rings. The first-order valence-corrected chi connectivity index (χ1v) is 8.99. The van der Waals surface area contributed by atoms with Crippen molar-refractivity contribution >= 4 is 0 Å². The number of aryl methyl sites for hydroxylation is 1. The lowest BCUT2D eigenvalue weighted by atomic mass is 9.76. The van der Waals surface area contributed by atoms with E-state index in [-0.39, 0.29) is 0 Å². The molecule has 1 heteroatoms. The molecular formula is C22H31N. The molecular weight excluding hydrogens is 278 g/mol. The van der Waals surface area contributed by atoms with E-state index in [0.717, 1.165) is 19.3 Å². The van der Waals surface area contributed by atoms with Gasteiger partial charge in [-0.1, -0.05) is 51.1 Å². The van der Waals surface area contributed by atoms with Crippen molar-refractivity contribution < 1.29 is 0 Å². The lowest BCUT2D eigenvalue weighted by Gasteiger charge is -2.34. The highest BCUT2D eigenvalue weighted by Crippen LogP contribution is 2.43. The zero-order chi connectivity index (χ0) is 17.0. The molecule has 0 fully saturated rings. The van der Waals surface area contributed by atoms with Crippen LogP contribution in [0.3, 0.4) is 0 Å². The Morgan fingerprint density at radius 3 is 2.26 bits per heavy atom. The van der Waals surface area contributed by atoms with E-state index in [2.05, 4.69) is 77.2 Å². The second-order valence-corrected chi connectivity index (χ2v) is 6.34. The number of rotatable bonds is 5. The molecule has 0 amide bonds. The van der Waals surface area contributed by atoms with Crippen molar-refractivity contribution in [1.29, 1.82) is 0 Å². The normalized spacial score (nSPS) is 19.2. The third-order valence-electron chi connectivity index (χ3n) is 5.15. The van der Waals surface area contributed by atoms with Gasteiger partial charge in [0.1, 0.15) is 0 Å². The van der Waals surface area contributed by atoms with E-state index in [1.54, 1.807) is 0 Å². The molecule has 23 heavy (non-hydrogen) atoms. The fraction of sp³-hybridized carbons (Fsp3) is 0.455. The maximum Gasteiger partial charge on any atom is 0.0409 e. The zero-order valence-corrected chi connectivity index (χ0v) is 15.6. The number of dihydropyridines is 1. The Morgan fingerprint density at radius 1 is 1.04 bits per heavy atom. The number of allylic oxidation sites excluding steroid dienone is 5. The van der Waals surface area contributed by atoms with Crippen LogP contribution in [0.2, 0.25) is 0 Å². The topological polar surface area (TPSA) is 12.0 Å². The predicted molar refractivity (Wildman–Crippen MR) is 101 cm³/mol. The van der Waals surface area contributed by atoms with Crippen molar-refractivity contribution in [2.24, 2.45) is 0 Å². The van der Waals surface area contributed by atoms with Crippen LogP contribution in [0.5, 0.6) is 0 Å². The van der Waals surface area contributed by atoms with E-state index in [0.29, 0.717) is 5.92 Å². The highest BCUT2D eigenvalue weighted by molar-refractivity contribution is 5.52. The SMILES string of the molecule is C/C=C(/C)C1=C(CC)C(c2ccccc2CC)C(CC)=C(C)N1. The molecule has 0 bridgehead atoms. The third-order valence-corrected chi connectivity index (χ3v) is 5.15. The molecule has 1 aliphatic heterocycles. The lowest BCUT2D eigenvalue weighted by Crippen LogP contribution is -2.26. The third kappa shape index (κ3) is 3.29. The predicted octanol–water partition coefficient (Wildman–Crippen LogP) is 6.25. The standard InChI is InChI=1S/C22H31N/c1-7-15(5)22-19(10-4)21(18(9-3)16(6)23-22)20-14-12-11-13-17(20)8-2/h7,11-14,21,23H,8-10H2,1-6H3/b15-7-. The van der Waals surface area contributed by atoms with Crippen LogP contribution in [0.15, 0.2) is 58.5 Å². The van der Waals surface area contributed by atoms with Crippen LogP contribution >= 0.6 is 0 Å². The minimum Gasteiger partial charge on any atom is -0.359 e. The summed E-state index contributed by atoms with van der Waals surface area (Å²) in [6.45, 7) is 13.4. The van der Waals surface area contributed by atoms with Gasteiger partial charge in [-0.15, -0.1) is 0 Å². The minimum absolute atomic E-state index is 0.423. The summed E-state index contributed by atoms with van der Waals surface area (Å²) < 4.78 is 0. The number of hydrogen-bond donors (Lipinski definition) is 1. The Bertz CT molecular complexity index is 658. The fourth-order valence-electron chi connectivity index (χ4n) is 3.78. The summed E-state index contributed by atoms with van der Waals surface area (Å²) in [5, 5.41) is 3.70. The summed E-state index contributed by atoms with van der Waals surface area (Å²) in [5.74, 6) is 0.423. The molecule has 1 heterocycles. The Hall–Kier alpha value is -1.76. The molecule has 0 spiro atoms. The van der Waals surface area contributed by atoms with E-state index >= 15 is 0 Å².